The van der Waals surface area contributed by atoms with Crippen molar-refractivity contribution in [3.8, 4) is 0 Å². The molecule has 0 aliphatic heterocycles. The maximum atomic E-state index is 13.7. The van der Waals surface area contributed by atoms with E-state index in [-0.39, 0.29) is 79.7 Å². The lowest BCUT2D eigenvalue weighted by Gasteiger charge is -2.19. The van der Waals surface area contributed by atoms with Gasteiger partial charge >= 0.3 is 0 Å². The van der Waals surface area contributed by atoms with Crippen LogP contribution < -0.4 is 21.3 Å². The maximum Gasteiger partial charge on any atom is 0.258 e. The molecule has 0 aromatic heterocycles. The summed E-state index contributed by atoms with van der Waals surface area (Å²) in [6.07, 6.45) is 0.728. The molecule has 0 saturated carbocycles. The minimum atomic E-state index is -1.60. The van der Waals surface area contributed by atoms with E-state index in [1.807, 2.05) is 13.8 Å². The van der Waals surface area contributed by atoms with Crippen LogP contribution in [0.2, 0.25) is 40.2 Å². The zero-order valence-electron chi connectivity index (χ0n) is 34.8. The first kappa shape index (κ1) is 51.8. The summed E-state index contributed by atoms with van der Waals surface area (Å²) in [6, 6.07) is 13.9. The van der Waals surface area contributed by atoms with Gasteiger partial charge in [-0.05, 0) is 111 Å². The van der Waals surface area contributed by atoms with Crippen molar-refractivity contribution in [2.45, 2.75) is 52.6 Å². The Labute approximate surface area is 417 Å². The van der Waals surface area contributed by atoms with Crippen LogP contribution in [0, 0.1) is 0 Å². The predicted octanol–water partition coefficient (Wildman–Crippen LogP) is 13.9. The monoisotopic (exact) mass is 1050 g/mol. The number of benzene rings is 5. The van der Waals surface area contributed by atoms with E-state index in [9.17, 15) is 28.8 Å². The number of carbonyl (C=O) groups excluding carboxylic acids is 6. The second kappa shape index (κ2) is 23.0. The van der Waals surface area contributed by atoms with Crippen molar-refractivity contribution in [1.82, 2.24) is 0 Å². The SMILES string of the molecule is CCc1cc(NC(=O)C(N=Nc2ccc(Cl)c(C(=O)Nc3cc(Cl)c(Cl)c(Cl)c3)c2)C(C)=O)cc(CC)c1NC(=O)C(N=Nc1ccc(Cl)c(C(=O)Nc2cc(Cl)c(Cl)c(Cl)c2)c1)C(C)=O. The fourth-order valence-electron chi connectivity index (χ4n) is 6.00. The lowest BCUT2D eigenvalue weighted by Crippen LogP contribution is -2.33. The van der Waals surface area contributed by atoms with Gasteiger partial charge < -0.3 is 21.3 Å². The number of rotatable bonds is 16. The molecule has 4 amide bonds. The van der Waals surface area contributed by atoms with Crippen molar-refractivity contribution in [2.75, 3.05) is 21.3 Å². The summed E-state index contributed by atoms with van der Waals surface area (Å²) in [5.41, 5.74) is 2.51. The van der Waals surface area contributed by atoms with Gasteiger partial charge in [0.1, 0.15) is 0 Å². The van der Waals surface area contributed by atoms with Crippen LogP contribution in [0.25, 0.3) is 0 Å². The van der Waals surface area contributed by atoms with E-state index >= 15 is 0 Å². The molecule has 14 nitrogen and oxygen atoms in total. The largest absolute Gasteiger partial charge is 0.324 e. The topological polar surface area (TPSA) is 200 Å². The molecule has 0 aliphatic rings. The van der Waals surface area contributed by atoms with Crippen LogP contribution in [0.3, 0.4) is 0 Å². The third kappa shape index (κ3) is 13.0. The molecule has 0 saturated heterocycles. The lowest BCUT2D eigenvalue weighted by atomic mass is 10.0. The zero-order chi connectivity index (χ0) is 48.6. The Bertz CT molecular complexity index is 2790. The number of anilines is 4. The molecule has 0 fully saturated rings. The zero-order valence-corrected chi connectivity index (χ0v) is 40.8. The first-order valence-corrected chi connectivity index (χ1v) is 22.3. The molecule has 2 atom stereocenters. The van der Waals surface area contributed by atoms with E-state index in [0.29, 0.717) is 29.7 Å². The Morgan fingerprint density at radius 3 is 1.17 bits per heavy atom. The highest BCUT2D eigenvalue weighted by molar-refractivity contribution is 6.49. The van der Waals surface area contributed by atoms with Gasteiger partial charge in [-0.25, -0.2) is 0 Å². The molecular weight excluding hydrogens is 1020 g/mol. The number of hydrogen-bond acceptors (Lipinski definition) is 10. The highest BCUT2D eigenvalue weighted by Gasteiger charge is 2.27. The number of aryl methyl sites for hydroxylation is 2. The normalized spacial score (nSPS) is 12.2. The van der Waals surface area contributed by atoms with Crippen molar-refractivity contribution in [2.24, 2.45) is 20.5 Å². The summed E-state index contributed by atoms with van der Waals surface area (Å²) < 4.78 is 0. The number of Topliss-reactive ketones (excluding diaryl/α,β-unsaturated/α-hetero) is 2. The second-order valence-corrected chi connectivity index (χ2v) is 17.3. The molecule has 5 aromatic rings. The smallest absolute Gasteiger partial charge is 0.258 e. The summed E-state index contributed by atoms with van der Waals surface area (Å²) in [5, 5.41) is 27.7. The Morgan fingerprint density at radius 1 is 0.470 bits per heavy atom. The third-order valence-corrected chi connectivity index (χ3v) is 12.3. The van der Waals surface area contributed by atoms with Gasteiger partial charge in [-0.15, -0.1) is 0 Å². The van der Waals surface area contributed by atoms with Gasteiger partial charge in [0, 0.05) is 22.7 Å². The predicted molar refractivity (Wildman–Crippen MR) is 262 cm³/mol. The molecule has 0 radical (unpaired) electrons. The number of carbonyl (C=O) groups is 6. The van der Waals surface area contributed by atoms with E-state index in [1.54, 1.807) is 12.1 Å². The summed E-state index contributed by atoms with van der Waals surface area (Å²) in [6.45, 7) is 5.97. The highest BCUT2D eigenvalue weighted by atomic mass is 35.5. The van der Waals surface area contributed by atoms with E-state index in [1.165, 1.54) is 74.5 Å². The fraction of sp³-hybridized carbons (Fsp3) is 0.182. The first-order valence-electron chi connectivity index (χ1n) is 19.3. The van der Waals surface area contributed by atoms with Crippen molar-refractivity contribution in [3.05, 3.63) is 135 Å². The number of halogens is 8. The van der Waals surface area contributed by atoms with Crippen molar-refractivity contribution in [3.63, 3.8) is 0 Å². The van der Waals surface area contributed by atoms with Gasteiger partial charge in [0.25, 0.3) is 23.6 Å². The molecule has 0 spiro atoms. The van der Waals surface area contributed by atoms with Crippen LogP contribution in [0.5, 0.6) is 0 Å². The van der Waals surface area contributed by atoms with Crippen molar-refractivity contribution >= 4 is 162 Å². The van der Waals surface area contributed by atoms with Crippen LogP contribution in [0.15, 0.2) is 93.3 Å². The summed E-state index contributed by atoms with van der Waals surface area (Å²) in [5.74, 6) is -4.15. The summed E-state index contributed by atoms with van der Waals surface area (Å²) in [7, 11) is 0. The Hall–Kier alpha value is -5.16. The number of azo groups is 2. The minimum Gasteiger partial charge on any atom is -0.324 e. The van der Waals surface area contributed by atoms with Crippen LogP contribution >= 0.6 is 92.8 Å². The van der Waals surface area contributed by atoms with Gasteiger partial charge in [0.05, 0.1) is 62.7 Å². The Kier molecular flexibility index (Phi) is 18.1. The number of hydrogen-bond donors (Lipinski definition) is 4. The van der Waals surface area contributed by atoms with E-state index < -0.39 is 47.3 Å². The Balaban J connectivity index is 1.30. The standard InChI is InChI=1S/C44H34Cl8N8O6/c1-5-21-11-25(55-43(65)38(19(3)61)59-57-23-7-9-30(45)28(13-23)41(63)53-26-15-32(47)36(51)33(48)16-26)12-22(6-2)40(21)56-44(66)39(20(4)62)60-58-24-8-10-31(46)29(14-24)42(64)54-27-17-34(49)37(52)35(50)18-27/h7-18,38-39H,5-6H2,1-4H3,(H,53,63)(H,54,64)(H,55,65)(H,56,66). The molecule has 0 aliphatic carbocycles. The fourth-order valence-corrected chi connectivity index (χ4v) is 7.60. The van der Waals surface area contributed by atoms with E-state index in [0.717, 1.165) is 0 Å². The molecule has 22 heteroatoms. The van der Waals surface area contributed by atoms with Crippen LogP contribution in [-0.2, 0) is 32.0 Å². The van der Waals surface area contributed by atoms with Crippen molar-refractivity contribution < 1.29 is 28.8 Å². The molecule has 0 bridgehead atoms. The van der Waals surface area contributed by atoms with Crippen LogP contribution in [0.4, 0.5) is 34.1 Å². The summed E-state index contributed by atoms with van der Waals surface area (Å²) >= 11 is 49.0. The van der Waals surface area contributed by atoms with Gasteiger partial charge in [0.2, 0.25) is 12.1 Å². The van der Waals surface area contributed by atoms with E-state index in [2.05, 4.69) is 41.7 Å². The number of amides is 4. The lowest BCUT2D eigenvalue weighted by molar-refractivity contribution is -0.127. The van der Waals surface area contributed by atoms with Gasteiger partial charge in [0.15, 0.2) is 11.6 Å². The number of nitrogens with one attached hydrogen (secondary N) is 4. The Morgan fingerprint density at radius 2 is 0.818 bits per heavy atom. The molecule has 5 aromatic carbocycles. The van der Waals surface area contributed by atoms with Crippen molar-refractivity contribution in [1.29, 1.82) is 0 Å². The molecule has 342 valence electrons. The number of ketones is 2. The summed E-state index contributed by atoms with van der Waals surface area (Å²) in [4.78, 5) is 78.9. The van der Waals surface area contributed by atoms with Gasteiger partial charge in [-0.2, -0.15) is 20.5 Å². The third-order valence-electron chi connectivity index (χ3n) is 9.30. The first-order chi connectivity index (χ1) is 31.2. The quantitative estimate of drug-likeness (QED) is 0.0430. The maximum absolute atomic E-state index is 13.7. The highest BCUT2D eigenvalue weighted by Crippen LogP contribution is 2.36. The van der Waals surface area contributed by atoms with Crippen LogP contribution in [-0.4, -0.2) is 47.3 Å². The molecule has 0 heterocycles. The number of nitrogens with zero attached hydrogens (tertiary/aromatic N) is 4. The average Bonchev–Trinajstić information content (AvgIpc) is 3.25. The minimum absolute atomic E-state index is 0.00445. The van der Waals surface area contributed by atoms with Gasteiger partial charge in [-0.1, -0.05) is 107 Å². The van der Waals surface area contributed by atoms with E-state index in [4.69, 9.17) is 92.8 Å². The molecule has 66 heavy (non-hydrogen) atoms. The second-order valence-electron chi connectivity index (χ2n) is 14.1. The molecule has 5 rings (SSSR count). The van der Waals surface area contributed by atoms with Crippen LogP contribution in [0.1, 0.15) is 59.5 Å². The molecule has 2 unspecified atom stereocenters. The molecule has 4 N–H and O–H groups in total. The molecular formula is C44H34Cl8N8O6. The average molecular weight is 1050 g/mol. The van der Waals surface area contributed by atoms with Gasteiger partial charge in [-0.3, -0.25) is 28.8 Å².